The summed E-state index contributed by atoms with van der Waals surface area (Å²) < 4.78 is 0. The van der Waals surface area contributed by atoms with Crippen LogP contribution < -0.4 is 0 Å². The molecule has 2 aromatic carbocycles. The number of hydrazone groups is 1. The highest BCUT2D eigenvalue weighted by atomic mass is 35.5. The first kappa shape index (κ1) is 22.2. The maximum absolute atomic E-state index is 11.6. The Morgan fingerprint density at radius 1 is 1.07 bits per heavy atom. The van der Waals surface area contributed by atoms with Crippen molar-refractivity contribution < 1.29 is 4.79 Å². The number of carbonyl (C=O) groups is 1. The number of Topliss-reactive ketones (excluding diaryl/α,β-unsaturated/α-hetero) is 1. The van der Waals surface area contributed by atoms with Gasteiger partial charge in [0.1, 0.15) is 0 Å². The van der Waals surface area contributed by atoms with E-state index < -0.39 is 0 Å². The molecule has 4 nitrogen and oxygen atoms in total. The molecule has 1 fully saturated rings. The number of ketones is 1. The lowest BCUT2D eigenvalue weighted by atomic mass is 10.0. The van der Waals surface area contributed by atoms with Crippen LogP contribution >= 0.6 is 24.0 Å². The van der Waals surface area contributed by atoms with Gasteiger partial charge in [0.05, 0.1) is 0 Å². The van der Waals surface area contributed by atoms with Gasteiger partial charge in [-0.2, -0.15) is 5.10 Å². The second-order valence-corrected chi connectivity index (χ2v) is 7.00. The number of nitrogens with zero attached hydrogens (tertiary/aromatic N) is 3. The largest absolute Gasteiger partial charge is 0.295 e. The summed E-state index contributed by atoms with van der Waals surface area (Å²) in [4.78, 5) is 14.0. The van der Waals surface area contributed by atoms with Gasteiger partial charge in [-0.25, -0.2) is 0 Å². The highest BCUT2D eigenvalue weighted by Gasteiger charge is 2.16. The molecule has 6 heteroatoms. The van der Waals surface area contributed by atoms with Gasteiger partial charge in [0.15, 0.2) is 5.78 Å². The third-order valence-corrected chi connectivity index (χ3v) is 5.00. The molecule has 0 aromatic heterocycles. The Kier molecular flexibility index (Phi) is 8.71. The summed E-state index contributed by atoms with van der Waals surface area (Å²) in [5.74, 6) is 0.0711. The summed E-state index contributed by atoms with van der Waals surface area (Å²) in [7, 11) is 0. The minimum absolute atomic E-state index is 0. The minimum Gasteiger partial charge on any atom is -0.295 e. The average Bonchev–Trinajstić information content (AvgIpc) is 2.68. The van der Waals surface area contributed by atoms with Crippen molar-refractivity contribution in [2.24, 2.45) is 5.10 Å². The normalized spacial score (nSPS) is 15.1. The van der Waals surface area contributed by atoms with Crippen LogP contribution in [-0.2, 0) is 6.54 Å². The number of rotatable bonds is 6. The fourth-order valence-corrected chi connectivity index (χ4v) is 3.32. The Morgan fingerprint density at radius 3 is 2.46 bits per heavy atom. The number of hydrogen-bond acceptors (Lipinski definition) is 4. The molecule has 0 N–H and O–H groups in total. The molecule has 0 radical (unpaired) electrons. The molecule has 3 rings (SSSR count). The lowest BCUT2D eigenvalue weighted by Crippen LogP contribution is -2.43. The van der Waals surface area contributed by atoms with E-state index >= 15 is 0 Å². The van der Waals surface area contributed by atoms with E-state index in [1.807, 2.05) is 54.6 Å². The predicted octanol–water partition coefficient (Wildman–Crippen LogP) is 4.78. The zero-order valence-corrected chi connectivity index (χ0v) is 17.5. The van der Waals surface area contributed by atoms with Gasteiger partial charge in [0.25, 0.3) is 0 Å². The highest BCUT2D eigenvalue weighted by molar-refractivity contribution is 6.31. The minimum atomic E-state index is 0. The Labute approximate surface area is 177 Å². The molecule has 0 saturated carbocycles. The van der Waals surface area contributed by atoms with E-state index in [4.69, 9.17) is 11.6 Å². The van der Waals surface area contributed by atoms with Crippen LogP contribution in [0.5, 0.6) is 0 Å². The molecule has 0 spiro atoms. The van der Waals surface area contributed by atoms with E-state index in [-0.39, 0.29) is 18.2 Å². The van der Waals surface area contributed by atoms with Crippen LogP contribution in [0.4, 0.5) is 0 Å². The molecule has 0 atom stereocenters. The number of carbonyl (C=O) groups excluding carboxylic acids is 1. The van der Waals surface area contributed by atoms with E-state index in [2.05, 4.69) is 21.1 Å². The second-order valence-electron chi connectivity index (χ2n) is 6.59. The quantitative estimate of drug-likeness (QED) is 0.500. The molecule has 0 aliphatic carbocycles. The molecule has 1 aliphatic rings. The van der Waals surface area contributed by atoms with Gasteiger partial charge in [0.2, 0.25) is 0 Å². The van der Waals surface area contributed by atoms with Gasteiger partial charge < -0.3 is 0 Å². The Balaban J connectivity index is 0.00000280. The first-order valence-electron chi connectivity index (χ1n) is 9.15. The van der Waals surface area contributed by atoms with Crippen LogP contribution in [0.3, 0.4) is 0 Å². The zero-order chi connectivity index (χ0) is 19.1. The summed E-state index contributed by atoms with van der Waals surface area (Å²) in [6, 6.07) is 15.6. The van der Waals surface area contributed by atoms with Crippen LogP contribution in [0.25, 0.3) is 6.08 Å². The van der Waals surface area contributed by atoms with Crippen LogP contribution in [0.2, 0.25) is 5.02 Å². The predicted molar refractivity (Wildman–Crippen MR) is 120 cm³/mol. The standard InChI is InChI=1S/C22H24ClN3O.ClH/c1-18(27)21-10-4-2-7-19(21)9-6-12-24-26-15-13-25(14-16-26)17-20-8-3-5-11-22(20)23;/h2-12H,13-17H2,1H3;1H/b9-6+,24-12+;. The first-order chi connectivity index (χ1) is 13.1. The Bertz CT molecular complexity index is 843. The number of benzene rings is 2. The maximum Gasteiger partial charge on any atom is 0.160 e. The summed E-state index contributed by atoms with van der Waals surface area (Å²) in [6.07, 6.45) is 5.60. The summed E-state index contributed by atoms with van der Waals surface area (Å²) in [5, 5.41) is 7.42. The van der Waals surface area contributed by atoms with E-state index in [0.29, 0.717) is 0 Å². The lowest BCUT2D eigenvalue weighted by Gasteiger charge is -2.33. The number of hydrogen-bond donors (Lipinski definition) is 0. The number of allylic oxidation sites excluding steroid dienone is 1. The SMILES string of the molecule is CC(=O)c1ccccc1/C=C/C=N/N1CCN(Cc2ccccc2Cl)CC1.Cl. The van der Waals surface area contributed by atoms with Crippen LogP contribution in [0.15, 0.2) is 59.7 Å². The van der Waals surface area contributed by atoms with Crippen LogP contribution in [0, 0.1) is 0 Å². The number of piperazine rings is 1. The van der Waals surface area contributed by atoms with Crippen LogP contribution in [-0.4, -0.2) is 48.1 Å². The molecule has 2 aromatic rings. The van der Waals surface area contributed by atoms with Crippen molar-refractivity contribution in [1.82, 2.24) is 9.91 Å². The fraction of sp³-hybridized carbons (Fsp3) is 0.273. The summed E-state index contributed by atoms with van der Waals surface area (Å²) in [6.45, 7) is 6.15. The topological polar surface area (TPSA) is 35.9 Å². The average molecular weight is 418 g/mol. The van der Waals surface area contributed by atoms with Gasteiger partial charge >= 0.3 is 0 Å². The Morgan fingerprint density at radius 2 is 1.75 bits per heavy atom. The van der Waals surface area contributed by atoms with Crippen molar-refractivity contribution in [2.75, 3.05) is 26.2 Å². The van der Waals surface area contributed by atoms with Crippen molar-refractivity contribution in [1.29, 1.82) is 0 Å². The third-order valence-electron chi connectivity index (χ3n) is 4.63. The lowest BCUT2D eigenvalue weighted by molar-refractivity contribution is 0.101. The van der Waals surface area contributed by atoms with Crippen LogP contribution in [0.1, 0.15) is 28.4 Å². The van der Waals surface area contributed by atoms with Crippen molar-refractivity contribution in [3.8, 4) is 0 Å². The molecular formula is C22H25Cl2N3O. The Hall–Kier alpha value is -2.14. The van der Waals surface area contributed by atoms with E-state index in [9.17, 15) is 4.79 Å². The zero-order valence-electron chi connectivity index (χ0n) is 15.9. The van der Waals surface area contributed by atoms with Gasteiger partial charge in [-0.1, -0.05) is 60.1 Å². The highest BCUT2D eigenvalue weighted by Crippen LogP contribution is 2.18. The molecule has 0 unspecified atom stereocenters. The van der Waals surface area contributed by atoms with Gasteiger partial charge in [-0.15, -0.1) is 12.4 Å². The van der Waals surface area contributed by atoms with Gasteiger partial charge in [0, 0.05) is 49.5 Å². The molecule has 148 valence electrons. The van der Waals surface area contributed by atoms with E-state index in [1.54, 1.807) is 13.1 Å². The van der Waals surface area contributed by atoms with Crippen molar-refractivity contribution in [3.05, 3.63) is 76.3 Å². The van der Waals surface area contributed by atoms with Crippen molar-refractivity contribution in [2.45, 2.75) is 13.5 Å². The summed E-state index contributed by atoms with van der Waals surface area (Å²) >= 11 is 6.25. The van der Waals surface area contributed by atoms with E-state index in [1.165, 1.54) is 5.56 Å². The second kappa shape index (κ2) is 11.0. The monoisotopic (exact) mass is 417 g/mol. The molecule has 0 amide bonds. The number of halogens is 2. The molecular weight excluding hydrogens is 393 g/mol. The molecule has 0 bridgehead atoms. The van der Waals surface area contributed by atoms with Gasteiger partial charge in [-0.3, -0.25) is 14.7 Å². The fourth-order valence-electron chi connectivity index (χ4n) is 3.12. The maximum atomic E-state index is 11.6. The van der Waals surface area contributed by atoms with Gasteiger partial charge in [-0.05, 0) is 30.2 Å². The molecule has 1 saturated heterocycles. The smallest absolute Gasteiger partial charge is 0.160 e. The summed E-state index contributed by atoms with van der Waals surface area (Å²) in [5.41, 5.74) is 2.82. The van der Waals surface area contributed by atoms with E-state index in [0.717, 1.165) is 48.9 Å². The van der Waals surface area contributed by atoms with Crippen molar-refractivity contribution >= 4 is 42.1 Å². The first-order valence-corrected chi connectivity index (χ1v) is 9.52. The molecule has 1 aliphatic heterocycles. The third kappa shape index (κ3) is 6.20. The molecule has 28 heavy (non-hydrogen) atoms. The molecule has 1 heterocycles. The van der Waals surface area contributed by atoms with Crippen molar-refractivity contribution in [3.63, 3.8) is 0 Å².